The van der Waals surface area contributed by atoms with Crippen LogP contribution < -0.4 is 10.6 Å². The summed E-state index contributed by atoms with van der Waals surface area (Å²) in [6.07, 6.45) is -2.06. The minimum absolute atomic E-state index is 0.0665. The van der Waals surface area contributed by atoms with Gasteiger partial charge in [-0.1, -0.05) is 6.07 Å². The lowest BCUT2D eigenvalue weighted by Gasteiger charge is -2.13. The van der Waals surface area contributed by atoms with E-state index in [0.29, 0.717) is 18.3 Å². The number of carbonyl (C=O) groups is 1. The number of benzene rings is 1. The second-order valence-corrected chi connectivity index (χ2v) is 5.05. The molecular weight excluding hydrogens is 269 g/mol. The predicted molar refractivity (Wildman–Crippen MR) is 70.5 cm³/mol. The van der Waals surface area contributed by atoms with Gasteiger partial charge in [0.15, 0.2) is 0 Å². The van der Waals surface area contributed by atoms with Crippen LogP contribution in [0.2, 0.25) is 0 Å². The van der Waals surface area contributed by atoms with Crippen molar-refractivity contribution in [3.8, 4) is 0 Å². The van der Waals surface area contributed by atoms with Crippen molar-refractivity contribution in [3.63, 3.8) is 0 Å². The van der Waals surface area contributed by atoms with Crippen molar-refractivity contribution < 1.29 is 18.0 Å². The Kier molecular flexibility index (Phi) is 4.20. The Bertz CT molecular complexity index is 496. The summed E-state index contributed by atoms with van der Waals surface area (Å²) in [6, 6.07) is 4.39. The maximum absolute atomic E-state index is 12.7. The van der Waals surface area contributed by atoms with E-state index >= 15 is 0 Å². The van der Waals surface area contributed by atoms with Crippen molar-refractivity contribution in [2.24, 2.45) is 0 Å². The van der Waals surface area contributed by atoms with Gasteiger partial charge in [-0.2, -0.15) is 13.2 Å². The maximum Gasteiger partial charge on any atom is 0.416 e. The first kappa shape index (κ1) is 14.7. The number of amides is 1. The SMILES string of the molecule is Cc1ccc(NCCC(=O)NC2CC2)cc1C(F)(F)F. The summed E-state index contributed by atoms with van der Waals surface area (Å²) in [5.41, 5.74) is -0.0818. The monoisotopic (exact) mass is 286 g/mol. The van der Waals surface area contributed by atoms with E-state index in [2.05, 4.69) is 10.6 Å². The minimum atomic E-state index is -4.36. The molecule has 1 aromatic carbocycles. The topological polar surface area (TPSA) is 41.1 Å². The first-order valence-electron chi connectivity index (χ1n) is 6.57. The van der Waals surface area contributed by atoms with Crippen LogP contribution in [0.4, 0.5) is 18.9 Å². The Hall–Kier alpha value is -1.72. The third kappa shape index (κ3) is 4.15. The maximum atomic E-state index is 12.7. The molecule has 1 aromatic rings. The number of rotatable bonds is 5. The molecule has 1 aliphatic carbocycles. The fourth-order valence-electron chi connectivity index (χ4n) is 1.89. The molecule has 3 nitrogen and oxygen atoms in total. The molecule has 1 saturated carbocycles. The van der Waals surface area contributed by atoms with Crippen molar-refractivity contribution in [2.75, 3.05) is 11.9 Å². The second kappa shape index (κ2) is 5.73. The van der Waals surface area contributed by atoms with Gasteiger partial charge >= 0.3 is 6.18 Å². The van der Waals surface area contributed by atoms with Gasteiger partial charge in [-0.3, -0.25) is 4.79 Å². The van der Waals surface area contributed by atoms with E-state index in [1.54, 1.807) is 6.07 Å². The second-order valence-electron chi connectivity index (χ2n) is 5.05. The molecule has 0 aromatic heterocycles. The van der Waals surface area contributed by atoms with E-state index in [4.69, 9.17) is 0 Å². The van der Waals surface area contributed by atoms with Crippen LogP contribution in [0.5, 0.6) is 0 Å². The Morgan fingerprint density at radius 3 is 2.65 bits per heavy atom. The van der Waals surface area contributed by atoms with Gasteiger partial charge in [0.1, 0.15) is 0 Å². The summed E-state index contributed by atoms with van der Waals surface area (Å²) in [4.78, 5) is 11.4. The third-order valence-electron chi connectivity index (χ3n) is 3.17. The van der Waals surface area contributed by atoms with Gasteiger partial charge in [0.05, 0.1) is 5.56 Å². The number of alkyl halides is 3. The van der Waals surface area contributed by atoms with Crippen molar-refractivity contribution in [2.45, 2.75) is 38.4 Å². The van der Waals surface area contributed by atoms with Gasteiger partial charge in [-0.05, 0) is 37.5 Å². The molecule has 0 saturated heterocycles. The first-order chi connectivity index (χ1) is 9.36. The van der Waals surface area contributed by atoms with E-state index in [9.17, 15) is 18.0 Å². The van der Waals surface area contributed by atoms with Crippen LogP contribution in [-0.2, 0) is 11.0 Å². The quantitative estimate of drug-likeness (QED) is 0.873. The molecular formula is C14H17F3N2O. The molecule has 6 heteroatoms. The van der Waals surface area contributed by atoms with Crippen LogP contribution in [0.25, 0.3) is 0 Å². The highest BCUT2D eigenvalue weighted by atomic mass is 19.4. The van der Waals surface area contributed by atoms with Crippen LogP contribution in [0.1, 0.15) is 30.4 Å². The van der Waals surface area contributed by atoms with Gasteiger partial charge in [0.25, 0.3) is 0 Å². The smallest absolute Gasteiger partial charge is 0.385 e. The number of hydrogen-bond donors (Lipinski definition) is 2. The number of hydrogen-bond acceptors (Lipinski definition) is 2. The number of aryl methyl sites for hydroxylation is 1. The van der Waals surface area contributed by atoms with Crippen molar-refractivity contribution in [1.29, 1.82) is 0 Å². The summed E-state index contributed by atoms with van der Waals surface area (Å²) in [6.45, 7) is 1.74. The minimum Gasteiger partial charge on any atom is -0.385 e. The lowest BCUT2D eigenvalue weighted by molar-refractivity contribution is -0.138. The number of carbonyl (C=O) groups excluding carboxylic acids is 1. The molecule has 0 spiro atoms. The van der Waals surface area contributed by atoms with Gasteiger partial charge < -0.3 is 10.6 Å². The lowest BCUT2D eigenvalue weighted by atomic mass is 10.1. The van der Waals surface area contributed by atoms with E-state index in [-0.39, 0.29) is 17.9 Å². The van der Waals surface area contributed by atoms with Crippen LogP contribution in [-0.4, -0.2) is 18.5 Å². The van der Waals surface area contributed by atoms with Gasteiger partial charge in [-0.15, -0.1) is 0 Å². The zero-order valence-electron chi connectivity index (χ0n) is 11.2. The average molecular weight is 286 g/mol. The highest BCUT2D eigenvalue weighted by Gasteiger charge is 2.32. The highest BCUT2D eigenvalue weighted by molar-refractivity contribution is 5.77. The standard InChI is InChI=1S/C14H17F3N2O/c1-9-2-3-11(8-12(9)14(15,16)17)18-7-6-13(20)19-10-4-5-10/h2-3,8,10,18H,4-7H2,1H3,(H,19,20). The Morgan fingerprint density at radius 2 is 2.05 bits per heavy atom. The van der Waals surface area contributed by atoms with Gasteiger partial charge in [-0.25, -0.2) is 0 Å². The molecule has 0 atom stereocenters. The van der Waals surface area contributed by atoms with Crippen LogP contribution in [0, 0.1) is 6.92 Å². The summed E-state index contributed by atoms with van der Waals surface area (Å²) in [5.74, 6) is -0.0665. The number of anilines is 1. The fraction of sp³-hybridized carbons (Fsp3) is 0.500. The zero-order valence-corrected chi connectivity index (χ0v) is 11.2. The van der Waals surface area contributed by atoms with Crippen LogP contribution >= 0.6 is 0 Å². The normalized spacial score (nSPS) is 15.0. The van der Waals surface area contributed by atoms with Crippen molar-refractivity contribution in [3.05, 3.63) is 29.3 Å². The fourth-order valence-corrected chi connectivity index (χ4v) is 1.89. The molecule has 0 aliphatic heterocycles. The molecule has 0 unspecified atom stereocenters. The van der Waals surface area contributed by atoms with E-state index < -0.39 is 11.7 Å². The first-order valence-corrected chi connectivity index (χ1v) is 6.57. The Labute approximate surface area is 115 Å². The van der Waals surface area contributed by atoms with E-state index in [1.165, 1.54) is 13.0 Å². The summed E-state index contributed by atoms with van der Waals surface area (Å²) in [7, 11) is 0. The predicted octanol–water partition coefficient (Wildman–Crippen LogP) is 3.09. The molecule has 0 bridgehead atoms. The average Bonchev–Trinajstić information content (AvgIpc) is 3.13. The Morgan fingerprint density at radius 1 is 1.35 bits per heavy atom. The van der Waals surface area contributed by atoms with Crippen molar-refractivity contribution >= 4 is 11.6 Å². The molecule has 0 radical (unpaired) electrons. The molecule has 0 heterocycles. The highest BCUT2D eigenvalue weighted by Crippen LogP contribution is 2.33. The van der Waals surface area contributed by atoms with Gasteiger partial charge in [0, 0.05) is 24.7 Å². The zero-order chi connectivity index (χ0) is 14.8. The molecule has 2 rings (SSSR count). The largest absolute Gasteiger partial charge is 0.416 e. The number of nitrogens with one attached hydrogen (secondary N) is 2. The van der Waals surface area contributed by atoms with Crippen LogP contribution in [0.15, 0.2) is 18.2 Å². The molecule has 110 valence electrons. The van der Waals surface area contributed by atoms with Crippen LogP contribution in [0.3, 0.4) is 0 Å². The van der Waals surface area contributed by atoms with Gasteiger partial charge in [0.2, 0.25) is 5.91 Å². The molecule has 1 aliphatic rings. The Balaban J connectivity index is 1.87. The molecule has 1 fully saturated rings. The third-order valence-corrected chi connectivity index (χ3v) is 3.17. The number of halogens is 3. The van der Waals surface area contributed by atoms with Crippen molar-refractivity contribution in [1.82, 2.24) is 5.32 Å². The van der Waals surface area contributed by atoms with E-state index in [1.807, 2.05) is 0 Å². The lowest BCUT2D eigenvalue weighted by Crippen LogP contribution is -2.27. The molecule has 1 amide bonds. The molecule has 20 heavy (non-hydrogen) atoms. The summed E-state index contributed by atoms with van der Waals surface area (Å²) >= 11 is 0. The van der Waals surface area contributed by atoms with E-state index in [0.717, 1.165) is 18.9 Å². The summed E-state index contributed by atoms with van der Waals surface area (Å²) in [5, 5.41) is 5.67. The molecule has 2 N–H and O–H groups in total. The summed E-state index contributed by atoms with van der Waals surface area (Å²) < 4.78 is 38.2.